The first-order chi connectivity index (χ1) is 21.8. The van der Waals surface area contributed by atoms with Crippen molar-refractivity contribution in [3.05, 3.63) is 82.0 Å². The summed E-state index contributed by atoms with van der Waals surface area (Å²) in [5.74, 6) is -1.41. The van der Waals surface area contributed by atoms with E-state index in [-0.39, 0.29) is 41.1 Å². The lowest BCUT2D eigenvalue weighted by atomic mass is 9.41. The Balaban J connectivity index is 1.49. The molecule has 0 spiro atoms. The third-order valence-electron chi connectivity index (χ3n) is 11.2. The van der Waals surface area contributed by atoms with Crippen LogP contribution in [0.1, 0.15) is 81.5 Å². The molecule has 0 saturated heterocycles. The molecule has 240 valence electrons. The van der Waals surface area contributed by atoms with Gasteiger partial charge in [-0.05, 0) is 73.8 Å². The Bertz CT molecular complexity index is 1780. The van der Waals surface area contributed by atoms with Crippen LogP contribution in [0.15, 0.2) is 64.1 Å². The molecule has 6 rings (SSSR count). The summed E-state index contributed by atoms with van der Waals surface area (Å²) < 4.78 is 24.4. The molecule has 2 aliphatic carbocycles. The maximum atomic E-state index is 13.7. The first-order valence-corrected chi connectivity index (χ1v) is 15.6. The van der Waals surface area contributed by atoms with Gasteiger partial charge in [-0.3, -0.25) is 9.78 Å². The second kappa shape index (κ2) is 11.4. The lowest BCUT2D eigenvalue weighted by Crippen LogP contribution is -2.70. The molecule has 1 aliphatic heterocycles. The Morgan fingerprint density at radius 3 is 2.65 bits per heavy atom. The van der Waals surface area contributed by atoms with Crippen molar-refractivity contribution >= 4 is 11.9 Å². The third-order valence-corrected chi connectivity index (χ3v) is 11.2. The molecular formula is C36H38N2O8. The number of rotatable bonds is 5. The topological polar surface area (TPSA) is 149 Å². The maximum absolute atomic E-state index is 13.7. The van der Waals surface area contributed by atoms with Gasteiger partial charge in [-0.25, -0.2) is 9.59 Å². The summed E-state index contributed by atoms with van der Waals surface area (Å²) in [6.45, 7) is 9.66. The number of nitriles is 1. The maximum Gasteiger partial charge on any atom is 0.345 e. The SMILES string of the molecule is CC(=O)OC[C@@]1(C)C2C[C@H](OC(=O)c3cccc(C#N)c3)[C@@]3(C)Oc4cc(-c5cccnc5)oc(=O)c4[C@H](O)C3[C@@]2(C)CC[C@@H]1C. The number of nitrogens with zero attached hydrogens (tertiary/aromatic N) is 2. The van der Waals surface area contributed by atoms with Crippen LogP contribution in [0.4, 0.5) is 0 Å². The number of benzene rings is 1. The Labute approximate surface area is 267 Å². The highest BCUT2D eigenvalue weighted by molar-refractivity contribution is 5.90. The molecule has 8 atom stereocenters. The van der Waals surface area contributed by atoms with Crippen LogP contribution in [0.3, 0.4) is 0 Å². The van der Waals surface area contributed by atoms with Crippen molar-refractivity contribution in [3.8, 4) is 23.1 Å². The van der Waals surface area contributed by atoms with Crippen LogP contribution in [0.25, 0.3) is 11.3 Å². The van der Waals surface area contributed by atoms with Crippen molar-refractivity contribution in [1.29, 1.82) is 5.26 Å². The highest BCUT2D eigenvalue weighted by atomic mass is 16.6. The molecule has 0 radical (unpaired) electrons. The minimum Gasteiger partial charge on any atom is -0.482 e. The number of hydrogen-bond acceptors (Lipinski definition) is 10. The number of aromatic nitrogens is 1. The van der Waals surface area contributed by atoms with Crippen molar-refractivity contribution in [2.45, 2.75) is 71.7 Å². The van der Waals surface area contributed by atoms with E-state index < -0.39 is 52.1 Å². The quantitative estimate of drug-likeness (QED) is 0.353. The molecule has 10 heteroatoms. The molecule has 46 heavy (non-hydrogen) atoms. The number of hydrogen-bond donors (Lipinski definition) is 1. The van der Waals surface area contributed by atoms with Gasteiger partial charge in [-0.1, -0.05) is 26.8 Å². The summed E-state index contributed by atoms with van der Waals surface area (Å²) in [6, 6.07) is 13.4. The fraction of sp³-hybridized carbons (Fsp3) is 0.472. The van der Waals surface area contributed by atoms with Gasteiger partial charge < -0.3 is 23.7 Å². The van der Waals surface area contributed by atoms with E-state index in [1.807, 2.05) is 6.92 Å². The lowest BCUT2D eigenvalue weighted by Gasteiger charge is -2.66. The number of fused-ring (bicyclic) bond motifs is 4. The van der Waals surface area contributed by atoms with Gasteiger partial charge in [0.15, 0.2) is 0 Å². The number of pyridine rings is 1. The van der Waals surface area contributed by atoms with Crippen LogP contribution in [-0.4, -0.2) is 40.3 Å². The van der Waals surface area contributed by atoms with Gasteiger partial charge in [0.25, 0.3) is 0 Å². The van der Waals surface area contributed by atoms with Crippen LogP contribution in [-0.2, 0) is 14.3 Å². The fourth-order valence-corrected chi connectivity index (χ4v) is 8.61. The Kier molecular flexibility index (Phi) is 7.80. The predicted octanol–water partition coefficient (Wildman–Crippen LogP) is 5.63. The molecule has 0 amide bonds. The van der Waals surface area contributed by atoms with Crippen molar-refractivity contribution in [2.24, 2.45) is 28.6 Å². The molecule has 2 saturated carbocycles. The molecule has 2 unspecified atom stereocenters. The molecule has 3 aromatic rings. The van der Waals surface area contributed by atoms with Gasteiger partial charge in [0.05, 0.1) is 29.9 Å². The summed E-state index contributed by atoms with van der Waals surface area (Å²) in [7, 11) is 0. The molecular weight excluding hydrogens is 588 g/mol. The van der Waals surface area contributed by atoms with Gasteiger partial charge in [0, 0.05) is 42.3 Å². The van der Waals surface area contributed by atoms with Crippen LogP contribution < -0.4 is 10.4 Å². The molecule has 10 nitrogen and oxygen atoms in total. The van der Waals surface area contributed by atoms with Crippen LogP contribution in [0.2, 0.25) is 0 Å². The zero-order chi connectivity index (χ0) is 33.0. The van der Waals surface area contributed by atoms with Gasteiger partial charge >= 0.3 is 17.6 Å². The Hall–Kier alpha value is -4.49. The largest absolute Gasteiger partial charge is 0.482 e. The number of carbonyl (C=O) groups excluding carboxylic acids is 2. The smallest absolute Gasteiger partial charge is 0.345 e. The van der Waals surface area contributed by atoms with Gasteiger partial charge in [0.2, 0.25) is 0 Å². The van der Waals surface area contributed by atoms with E-state index in [0.29, 0.717) is 24.0 Å². The van der Waals surface area contributed by atoms with Gasteiger partial charge in [-0.2, -0.15) is 5.26 Å². The van der Waals surface area contributed by atoms with Crippen molar-refractivity contribution < 1.29 is 33.3 Å². The number of carbonyl (C=O) groups is 2. The van der Waals surface area contributed by atoms with E-state index in [1.54, 1.807) is 48.8 Å². The van der Waals surface area contributed by atoms with Crippen LogP contribution >= 0.6 is 0 Å². The first-order valence-electron chi connectivity index (χ1n) is 15.6. The molecule has 3 heterocycles. The molecule has 3 aliphatic rings. The molecule has 0 bridgehead atoms. The monoisotopic (exact) mass is 626 g/mol. The summed E-state index contributed by atoms with van der Waals surface area (Å²) in [5.41, 5.74) is -2.05. The number of ether oxygens (including phenoxy) is 3. The number of esters is 2. The summed E-state index contributed by atoms with van der Waals surface area (Å²) in [6.07, 6.45) is 2.83. The minimum atomic E-state index is -1.31. The Morgan fingerprint density at radius 2 is 1.96 bits per heavy atom. The molecule has 2 aromatic heterocycles. The van der Waals surface area contributed by atoms with Gasteiger partial charge in [-0.15, -0.1) is 0 Å². The highest BCUT2D eigenvalue weighted by Crippen LogP contribution is 2.68. The van der Waals surface area contributed by atoms with Gasteiger partial charge in [0.1, 0.15) is 28.8 Å². The molecule has 1 N–H and O–H groups in total. The summed E-state index contributed by atoms with van der Waals surface area (Å²) in [5, 5.41) is 21.7. The van der Waals surface area contributed by atoms with Crippen LogP contribution in [0, 0.1) is 39.9 Å². The number of aliphatic hydroxyl groups excluding tert-OH is 1. The predicted molar refractivity (Wildman–Crippen MR) is 165 cm³/mol. The summed E-state index contributed by atoms with van der Waals surface area (Å²) >= 11 is 0. The first kappa shape index (κ1) is 31.5. The average molecular weight is 627 g/mol. The van der Waals surface area contributed by atoms with Crippen molar-refractivity contribution in [2.75, 3.05) is 6.61 Å². The molecule has 1 aromatic carbocycles. The van der Waals surface area contributed by atoms with E-state index >= 15 is 0 Å². The average Bonchev–Trinajstić information content (AvgIpc) is 3.03. The normalized spacial score (nSPS) is 32.8. The third kappa shape index (κ3) is 4.98. The second-order valence-corrected chi connectivity index (χ2v) is 13.7. The standard InChI is InChI=1S/C36H38N2O8/c1-20-11-12-34(3)27(35(20,4)19-43-21(2)39)16-28(45-32(41)23-9-6-8-22(14-23)17-37)36(5)31(34)30(40)29-26(46-36)15-25(44-33(29)42)24-10-7-13-38-18-24/h6-10,13-15,18,20,27-28,30-31,40H,11-12,16,19H2,1-5H3/t20-,27?,28-,30-,31?,34-,35+,36+/m0/s1. The Morgan fingerprint density at radius 1 is 1.17 bits per heavy atom. The van der Waals surface area contributed by atoms with E-state index in [0.717, 1.165) is 6.42 Å². The highest BCUT2D eigenvalue weighted by Gasteiger charge is 2.70. The zero-order valence-electron chi connectivity index (χ0n) is 26.6. The van der Waals surface area contributed by atoms with E-state index in [2.05, 4.69) is 31.8 Å². The second-order valence-electron chi connectivity index (χ2n) is 13.7. The van der Waals surface area contributed by atoms with E-state index in [9.17, 15) is 24.8 Å². The number of aliphatic hydroxyl groups is 1. The summed E-state index contributed by atoms with van der Waals surface area (Å²) in [4.78, 5) is 43.4. The fourth-order valence-electron chi connectivity index (χ4n) is 8.61. The van der Waals surface area contributed by atoms with Crippen LogP contribution in [0.5, 0.6) is 5.75 Å². The lowest BCUT2D eigenvalue weighted by molar-refractivity contribution is -0.257. The van der Waals surface area contributed by atoms with E-state index in [4.69, 9.17) is 18.6 Å². The zero-order valence-corrected chi connectivity index (χ0v) is 26.6. The van der Waals surface area contributed by atoms with Crippen molar-refractivity contribution in [3.63, 3.8) is 0 Å². The van der Waals surface area contributed by atoms with E-state index in [1.165, 1.54) is 13.0 Å². The minimum absolute atomic E-state index is 0.0177. The van der Waals surface area contributed by atoms with Crippen molar-refractivity contribution in [1.82, 2.24) is 4.98 Å². The molecule has 2 fully saturated rings.